The van der Waals surface area contributed by atoms with E-state index in [-0.39, 0.29) is 36.5 Å². The van der Waals surface area contributed by atoms with Gasteiger partial charge in [0.1, 0.15) is 0 Å². The Morgan fingerprint density at radius 2 is 1.67 bits per heavy atom. The summed E-state index contributed by atoms with van der Waals surface area (Å²) < 4.78 is 1.01. The van der Waals surface area contributed by atoms with Crippen LogP contribution in [0.3, 0.4) is 0 Å². The third kappa shape index (κ3) is 7.93. The first-order valence-electron chi connectivity index (χ1n) is 8.19. The monoisotopic (exact) mass is 397 g/mol. The van der Waals surface area contributed by atoms with E-state index in [1.165, 1.54) is 0 Å². The maximum atomic E-state index is 12.2. The molecular weight excluding hydrogens is 370 g/mol. The minimum Gasteiger partial charge on any atom is -0.350 e. The second-order valence-corrected chi connectivity index (χ2v) is 7.86. The van der Waals surface area contributed by atoms with E-state index >= 15 is 0 Å². The Hall–Kier alpha value is -1.40. The summed E-state index contributed by atoms with van der Waals surface area (Å²) in [5.74, 6) is -0.158. The number of benzene rings is 1. The van der Waals surface area contributed by atoms with Crippen molar-refractivity contribution < 1.29 is 9.59 Å². The molecule has 0 heterocycles. The van der Waals surface area contributed by atoms with Crippen LogP contribution in [0, 0.1) is 0 Å². The topological polar surface area (TPSA) is 61.4 Å². The molecule has 0 spiro atoms. The van der Waals surface area contributed by atoms with Crippen LogP contribution in [0.2, 0.25) is 0 Å². The molecular formula is C18H28BrN3O2. The van der Waals surface area contributed by atoms with Crippen LogP contribution in [0.5, 0.6) is 0 Å². The van der Waals surface area contributed by atoms with Gasteiger partial charge in [0.25, 0.3) is 0 Å². The molecule has 0 aliphatic carbocycles. The number of nitrogens with zero attached hydrogens (tertiary/aromatic N) is 1. The van der Waals surface area contributed by atoms with Gasteiger partial charge >= 0.3 is 0 Å². The largest absolute Gasteiger partial charge is 0.350 e. The van der Waals surface area contributed by atoms with Crippen molar-refractivity contribution in [2.24, 2.45) is 0 Å². The lowest BCUT2D eigenvalue weighted by molar-refractivity contribution is -0.126. The average Bonchev–Trinajstić information content (AvgIpc) is 2.44. The second-order valence-electron chi connectivity index (χ2n) is 6.94. The van der Waals surface area contributed by atoms with Gasteiger partial charge in [-0.2, -0.15) is 0 Å². The number of carbonyl (C=O) groups excluding carboxylic acids is 2. The molecule has 0 radical (unpaired) electrons. The lowest BCUT2D eigenvalue weighted by atomic mass is 10.1. The molecule has 134 valence electrons. The fourth-order valence-corrected chi connectivity index (χ4v) is 2.53. The molecule has 1 rings (SSSR count). The van der Waals surface area contributed by atoms with Gasteiger partial charge in [-0.15, -0.1) is 0 Å². The zero-order valence-electron chi connectivity index (χ0n) is 15.1. The molecule has 24 heavy (non-hydrogen) atoms. The number of carbonyl (C=O) groups is 2. The van der Waals surface area contributed by atoms with Gasteiger partial charge in [-0.25, -0.2) is 0 Å². The Bertz CT molecular complexity index is 552. The molecule has 0 aliphatic heterocycles. The number of amides is 2. The first-order chi connectivity index (χ1) is 11.1. The van der Waals surface area contributed by atoms with Crippen molar-refractivity contribution in [1.82, 2.24) is 15.5 Å². The number of likely N-dealkylation sites (N-methyl/N-ethyl adjacent to an activating group) is 1. The van der Waals surface area contributed by atoms with Gasteiger partial charge in [-0.1, -0.05) is 35.0 Å². The van der Waals surface area contributed by atoms with Gasteiger partial charge in [0.15, 0.2) is 0 Å². The normalized spacial score (nSPS) is 12.8. The molecule has 0 fully saturated rings. The highest BCUT2D eigenvalue weighted by atomic mass is 79.9. The van der Waals surface area contributed by atoms with Crippen LogP contribution >= 0.6 is 15.9 Å². The molecule has 0 bridgehead atoms. The van der Waals surface area contributed by atoms with Crippen molar-refractivity contribution in [1.29, 1.82) is 0 Å². The van der Waals surface area contributed by atoms with Gasteiger partial charge in [-0.3, -0.25) is 14.5 Å². The van der Waals surface area contributed by atoms with E-state index in [2.05, 4.69) is 26.6 Å². The van der Waals surface area contributed by atoms with Crippen molar-refractivity contribution >= 4 is 27.7 Å². The minimum absolute atomic E-state index is 0.0712. The standard InChI is InChI=1S/C18H28BrN3O2/c1-6-22(12-17(24)21-18(3,4)5)11-16(23)20-13(2)14-7-9-15(19)10-8-14/h7-10,13H,6,11-12H2,1-5H3,(H,20,23)(H,21,24)/t13-/m1/s1. The van der Waals surface area contributed by atoms with Crippen LogP contribution in [-0.2, 0) is 9.59 Å². The number of halogens is 1. The highest BCUT2D eigenvalue weighted by Crippen LogP contribution is 2.16. The van der Waals surface area contributed by atoms with Gasteiger partial charge in [0, 0.05) is 10.0 Å². The predicted molar refractivity (Wildman–Crippen MR) is 101 cm³/mol. The van der Waals surface area contributed by atoms with Crippen molar-refractivity contribution in [3.8, 4) is 0 Å². The van der Waals surface area contributed by atoms with Crippen LogP contribution in [0.25, 0.3) is 0 Å². The molecule has 5 nitrogen and oxygen atoms in total. The van der Waals surface area contributed by atoms with Gasteiger partial charge < -0.3 is 10.6 Å². The maximum absolute atomic E-state index is 12.2. The summed E-state index contributed by atoms with van der Waals surface area (Å²) in [5, 5.41) is 5.89. The van der Waals surface area contributed by atoms with Crippen LogP contribution in [0.15, 0.2) is 28.7 Å². The SMILES string of the molecule is CCN(CC(=O)N[C@H](C)c1ccc(Br)cc1)CC(=O)NC(C)(C)C. The molecule has 1 aromatic rings. The summed E-state index contributed by atoms with van der Waals surface area (Å²) in [6.45, 7) is 10.8. The van der Waals surface area contributed by atoms with Crippen molar-refractivity contribution in [3.63, 3.8) is 0 Å². The van der Waals surface area contributed by atoms with E-state index in [9.17, 15) is 9.59 Å². The Balaban J connectivity index is 2.51. The third-order valence-corrected chi connectivity index (χ3v) is 3.97. The van der Waals surface area contributed by atoms with E-state index in [4.69, 9.17) is 0 Å². The van der Waals surface area contributed by atoms with Crippen LogP contribution in [0.1, 0.15) is 46.2 Å². The quantitative estimate of drug-likeness (QED) is 0.743. The molecule has 0 unspecified atom stereocenters. The third-order valence-electron chi connectivity index (χ3n) is 3.44. The van der Waals surface area contributed by atoms with Crippen LogP contribution in [-0.4, -0.2) is 41.9 Å². The first-order valence-corrected chi connectivity index (χ1v) is 8.98. The Morgan fingerprint density at radius 3 is 2.17 bits per heavy atom. The molecule has 0 saturated carbocycles. The Kier molecular flexibility index (Phi) is 7.90. The van der Waals surface area contributed by atoms with Gasteiger partial charge in [0.05, 0.1) is 19.1 Å². The Labute approximate surface area is 153 Å². The van der Waals surface area contributed by atoms with E-state index in [1.807, 2.05) is 63.8 Å². The number of hydrogen-bond acceptors (Lipinski definition) is 3. The van der Waals surface area contributed by atoms with Gasteiger partial charge in [0.2, 0.25) is 11.8 Å². The fourth-order valence-electron chi connectivity index (χ4n) is 2.27. The number of nitrogens with one attached hydrogen (secondary N) is 2. The summed E-state index contributed by atoms with van der Waals surface area (Å²) in [6, 6.07) is 7.78. The Morgan fingerprint density at radius 1 is 1.12 bits per heavy atom. The molecule has 2 N–H and O–H groups in total. The minimum atomic E-state index is -0.269. The fraction of sp³-hybridized carbons (Fsp3) is 0.556. The highest BCUT2D eigenvalue weighted by molar-refractivity contribution is 9.10. The average molecular weight is 398 g/mol. The molecule has 0 aromatic heterocycles. The first kappa shape index (κ1) is 20.6. The summed E-state index contributed by atoms with van der Waals surface area (Å²) in [6.07, 6.45) is 0. The van der Waals surface area contributed by atoms with E-state index in [0.29, 0.717) is 6.54 Å². The second kappa shape index (κ2) is 9.18. The van der Waals surface area contributed by atoms with Crippen molar-refractivity contribution in [2.45, 2.75) is 46.2 Å². The van der Waals surface area contributed by atoms with Crippen LogP contribution < -0.4 is 10.6 Å². The summed E-state index contributed by atoms with van der Waals surface area (Å²) in [4.78, 5) is 26.1. The maximum Gasteiger partial charge on any atom is 0.234 e. The number of rotatable bonds is 7. The summed E-state index contributed by atoms with van der Waals surface area (Å²) in [5.41, 5.74) is 0.773. The van der Waals surface area contributed by atoms with Crippen molar-refractivity contribution in [2.75, 3.05) is 19.6 Å². The molecule has 0 aliphatic rings. The summed E-state index contributed by atoms with van der Waals surface area (Å²) >= 11 is 3.40. The lowest BCUT2D eigenvalue weighted by Gasteiger charge is -2.25. The van der Waals surface area contributed by atoms with Crippen LogP contribution in [0.4, 0.5) is 0 Å². The van der Waals surface area contributed by atoms with E-state index < -0.39 is 0 Å². The molecule has 1 atom stereocenters. The molecule has 1 aromatic carbocycles. The van der Waals surface area contributed by atoms with Crippen molar-refractivity contribution in [3.05, 3.63) is 34.3 Å². The highest BCUT2D eigenvalue weighted by Gasteiger charge is 2.18. The summed E-state index contributed by atoms with van der Waals surface area (Å²) in [7, 11) is 0. The van der Waals surface area contributed by atoms with E-state index in [0.717, 1.165) is 10.0 Å². The van der Waals surface area contributed by atoms with E-state index in [1.54, 1.807) is 0 Å². The molecule has 6 heteroatoms. The predicted octanol–water partition coefficient (Wildman–Crippen LogP) is 2.86. The van der Waals surface area contributed by atoms with Gasteiger partial charge in [-0.05, 0) is 51.9 Å². The molecule has 2 amide bonds. The zero-order valence-corrected chi connectivity index (χ0v) is 16.7. The lowest BCUT2D eigenvalue weighted by Crippen LogP contribution is -2.48. The smallest absolute Gasteiger partial charge is 0.234 e. The number of hydrogen-bond donors (Lipinski definition) is 2. The zero-order chi connectivity index (χ0) is 18.3. The molecule has 0 saturated heterocycles.